The second-order valence-corrected chi connectivity index (χ2v) is 5.43. The van der Waals surface area contributed by atoms with Gasteiger partial charge in [-0.05, 0) is 36.8 Å². The molecule has 21 heavy (non-hydrogen) atoms. The number of hydrogen-bond acceptors (Lipinski definition) is 2. The number of benzene rings is 2. The van der Waals surface area contributed by atoms with Crippen LogP contribution in [-0.4, -0.2) is 11.0 Å². The van der Waals surface area contributed by atoms with E-state index in [9.17, 15) is 9.90 Å². The van der Waals surface area contributed by atoms with Gasteiger partial charge in [-0.1, -0.05) is 42.3 Å². The van der Waals surface area contributed by atoms with Gasteiger partial charge < -0.3 is 10.4 Å². The molecule has 2 N–H and O–H groups in total. The number of hydrogen-bond donors (Lipinski definition) is 2. The van der Waals surface area contributed by atoms with Gasteiger partial charge in [0.2, 0.25) is 0 Å². The van der Waals surface area contributed by atoms with Crippen LogP contribution in [0.5, 0.6) is 0 Å². The van der Waals surface area contributed by atoms with E-state index in [0.717, 1.165) is 0 Å². The number of halogens is 2. The second kappa shape index (κ2) is 6.94. The Balaban J connectivity index is 2.31. The van der Waals surface area contributed by atoms with E-state index in [2.05, 4.69) is 5.32 Å². The summed E-state index contributed by atoms with van der Waals surface area (Å²) in [6.07, 6.45) is -0.166. The van der Waals surface area contributed by atoms with E-state index >= 15 is 0 Å². The van der Waals surface area contributed by atoms with Crippen LogP contribution < -0.4 is 5.32 Å². The lowest BCUT2D eigenvalue weighted by Crippen LogP contribution is -2.14. The molecule has 2 aromatic rings. The van der Waals surface area contributed by atoms with Crippen LogP contribution in [0, 0.1) is 0 Å². The molecule has 0 spiro atoms. The molecule has 0 radical (unpaired) electrons. The molecule has 0 aliphatic heterocycles. The molecule has 2 aromatic carbocycles. The Hall–Kier alpha value is -1.55. The van der Waals surface area contributed by atoms with Crippen molar-refractivity contribution in [2.75, 3.05) is 5.32 Å². The van der Waals surface area contributed by atoms with Crippen LogP contribution in [0.15, 0.2) is 42.5 Å². The Labute approximate surface area is 133 Å². The molecule has 0 aliphatic carbocycles. The average molecular weight is 324 g/mol. The SMILES string of the molecule is CC[C@H](O)c1cc(Cl)ccc1NC(=O)c1ccccc1Cl. The van der Waals surface area contributed by atoms with Crippen molar-refractivity contribution in [2.24, 2.45) is 0 Å². The topological polar surface area (TPSA) is 49.3 Å². The van der Waals surface area contributed by atoms with Gasteiger partial charge in [0, 0.05) is 16.3 Å². The summed E-state index contributed by atoms with van der Waals surface area (Å²) in [5.74, 6) is -0.326. The molecule has 0 fully saturated rings. The summed E-state index contributed by atoms with van der Waals surface area (Å²) in [5.41, 5.74) is 1.50. The molecule has 1 amide bonds. The van der Waals surface area contributed by atoms with E-state index in [4.69, 9.17) is 23.2 Å². The van der Waals surface area contributed by atoms with Gasteiger partial charge in [0.15, 0.2) is 0 Å². The highest BCUT2D eigenvalue weighted by Gasteiger charge is 2.15. The average Bonchev–Trinajstić information content (AvgIpc) is 2.48. The van der Waals surface area contributed by atoms with E-state index in [1.807, 2.05) is 6.92 Å². The zero-order chi connectivity index (χ0) is 15.4. The van der Waals surface area contributed by atoms with Gasteiger partial charge in [0.25, 0.3) is 5.91 Å². The molecule has 1 atom stereocenters. The van der Waals surface area contributed by atoms with Crippen molar-refractivity contribution < 1.29 is 9.90 Å². The fourth-order valence-electron chi connectivity index (χ4n) is 1.98. The monoisotopic (exact) mass is 323 g/mol. The van der Waals surface area contributed by atoms with Crippen LogP contribution in [0.1, 0.15) is 35.4 Å². The summed E-state index contributed by atoms with van der Waals surface area (Å²) in [7, 11) is 0. The van der Waals surface area contributed by atoms with Crippen molar-refractivity contribution >= 4 is 34.8 Å². The van der Waals surface area contributed by atoms with Crippen LogP contribution in [0.2, 0.25) is 10.0 Å². The zero-order valence-electron chi connectivity index (χ0n) is 11.4. The number of carbonyl (C=O) groups is 1. The quantitative estimate of drug-likeness (QED) is 0.857. The maximum absolute atomic E-state index is 12.3. The highest BCUT2D eigenvalue weighted by molar-refractivity contribution is 6.34. The molecule has 5 heteroatoms. The van der Waals surface area contributed by atoms with Crippen LogP contribution in [0.3, 0.4) is 0 Å². The summed E-state index contributed by atoms with van der Waals surface area (Å²) in [6.45, 7) is 1.85. The van der Waals surface area contributed by atoms with Crippen molar-refractivity contribution in [2.45, 2.75) is 19.4 Å². The normalized spacial score (nSPS) is 12.0. The third kappa shape index (κ3) is 3.76. The van der Waals surface area contributed by atoms with Crippen LogP contribution in [0.4, 0.5) is 5.69 Å². The molecular formula is C16H15Cl2NO2. The fraction of sp³-hybridized carbons (Fsp3) is 0.188. The van der Waals surface area contributed by atoms with E-state index in [-0.39, 0.29) is 5.91 Å². The Bertz CT molecular complexity index is 658. The highest BCUT2D eigenvalue weighted by atomic mass is 35.5. The predicted octanol–water partition coefficient (Wildman–Crippen LogP) is 4.69. The van der Waals surface area contributed by atoms with Gasteiger partial charge in [0.1, 0.15) is 0 Å². The fourth-order valence-corrected chi connectivity index (χ4v) is 2.38. The van der Waals surface area contributed by atoms with Gasteiger partial charge in [-0.25, -0.2) is 0 Å². The molecule has 0 bridgehead atoms. The van der Waals surface area contributed by atoms with Crippen molar-refractivity contribution in [3.63, 3.8) is 0 Å². The summed E-state index contributed by atoms with van der Waals surface area (Å²) in [5, 5.41) is 13.7. The third-order valence-electron chi connectivity index (χ3n) is 3.13. The van der Waals surface area contributed by atoms with Gasteiger partial charge in [-0.2, -0.15) is 0 Å². The van der Waals surface area contributed by atoms with E-state index < -0.39 is 6.10 Å². The lowest BCUT2D eigenvalue weighted by atomic mass is 10.0. The van der Waals surface area contributed by atoms with Gasteiger partial charge in [-0.3, -0.25) is 4.79 Å². The summed E-state index contributed by atoms with van der Waals surface area (Å²) in [6, 6.07) is 11.8. The molecule has 0 aromatic heterocycles. The molecule has 0 saturated carbocycles. The van der Waals surface area contributed by atoms with Crippen LogP contribution in [-0.2, 0) is 0 Å². The third-order valence-corrected chi connectivity index (χ3v) is 3.69. The molecule has 0 heterocycles. The predicted molar refractivity (Wildman–Crippen MR) is 86.1 cm³/mol. The lowest BCUT2D eigenvalue weighted by molar-refractivity contribution is 0.102. The maximum atomic E-state index is 12.3. The molecule has 0 saturated heterocycles. The van der Waals surface area contributed by atoms with Crippen molar-refractivity contribution in [3.8, 4) is 0 Å². The van der Waals surface area contributed by atoms with E-state index in [1.165, 1.54) is 0 Å². The molecule has 110 valence electrons. The Morgan fingerprint density at radius 2 is 1.95 bits per heavy atom. The molecular weight excluding hydrogens is 309 g/mol. The number of carbonyl (C=O) groups excluding carboxylic acids is 1. The largest absolute Gasteiger partial charge is 0.388 e. The molecule has 0 unspecified atom stereocenters. The Morgan fingerprint density at radius 1 is 1.24 bits per heavy atom. The minimum absolute atomic E-state index is 0.326. The van der Waals surface area contributed by atoms with Gasteiger partial charge >= 0.3 is 0 Å². The Morgan fingerprint density at radius 3 is 2.62 bits per heavy atom. The minimum atomic E-state index is -0.690. The molecule has 0 aliphatic rings. The number of aliphatic hydroxyl groups excluding tert-OH is 1. The number of anilines is 1. The standard InChI is InChI=1S/C16H15Cl2NO2/c1-2-15(20)12-9-10(17)7-8-14(12)19-16(21)11-5-3-4-6-13(11)18/h3-9,15,20H,2H2,1H3,(H,19,21)/t15-/m0/s1. The maximum Gasteiger partial charge on any atom is 0.257 e. The summed E-state index contributed by atoms with van der Waals surface area (Å²) < 4.78 is 0. The second-order valence-electron chi connectivity index (χ2n) is 4.59. The molecule has 3 nitrogen and oxygen atoms in total. The van der Waals surface area contributed by atoms with Gasteiger partial charge in [-0.15, -0.1) is 0 Å². The van der Waals surface area contributed by atoms with E-state index in [1.54, 1.807) is 42.5 Å². The van der Waals surface area contributed by atoms with Crippen molar-refractivity contribution in [1.29, 1.82) is 0 Å². The highest BCUT2D eigenvalue weighted by Crippen LogP contribution is 2.29. The zero-order valence-corrected chi connectivity index (χ0v) is 12.9. The lowest BCUT2D eigenvalue weighted by Gasteiger charge is -2.15. The first-order valence-electron chi connectivity index (χ1n) is 6.56. The number of aliphatic hydroxyl groups is 1. The molecule has 2 rings (SSSR count). The number of nitrogens with one attached hydrogen (secondary N) is 1. The summed E-state index contributed by atoms with van der Waals surface area (Å²) >= 11 is 12.0. The number of amides is 1. The summed E-state index contributed by atoms with van der Waals surface area (Å²) in [4.78, 5) is 12.3. The Kier molecular flexibility index (Phi) is 5.23. The first-order chi connectivity index (χ1) is 10.0. The van der Waals surface area contributed by atoms with Crippen LogP contribution in [0.25, 0.3) is 0 Å². The van der Waals surface area contributed by atoms with Crippen molar-refractivity contribution in [3.05, 3.63) is 63.6 Å². The smallest absolute Gasteiger partial charge is 0.257 e. The first kappa shape index (κ1) is 15.8. The first-order valence-corrected chi connectivity index (χ1v) is 7.32. The van der Waals surface area contributed by atoms with Crippen LogP contribution >= 0.6 is 23.2 Å². The van der Waals surface area contributed by atoms with E-state index in [0.29, 0.717) is 33.3 Å². The number of rotatable bonds is 4. The van der Waals surface area contributed by atoms with Gasteiger partial charge in [0.05, 0.1) is 16.7 Å². The van der Waals surface area contributed by atoms with Crippen molar-refractivity contribution in [1.82, 2.24) is 0 Å². The minimum Gasteiger partial charge on any atom is -0.388 e.